The van der Waals surface area contributed by atoms with Gasteiger partial charge in [-0.3, -0.25) is 0 Å². The molecule has 64 valence electrons. The van der Waals surface area contributed by atoms with Gasteiger partial charge in [-0.2, -0.15) is 0 Å². The van der Waals surface area contributed by atoms with Gasteiger partial charge in [-0.1, -0.05) is 13.8 Å². The molecule has 0 atom stereocenters. The minimum Gasteiger partial charge on any atom is -0.363 e. The number of hydrogen-bond acceptors (Lipinski definition) is 6. The average molecular weight is 162 g/mol. The molecule has 0 aromatic carbocycles. The van der Waals surface area contributed by atoms with E-state index in [2.05, 4.69) is 20.4 Å². The lowest BCUT2D eigenvalue weighted by molar-refractivity contribution is -0.00291. The van der Waals surface area contributed by atoms with Crippen LogP contribution in [0.25, 0.3) is 0 Å². The summed E-state index contributed by atoms with van der Waals surface area (Å²) in [6.07, 6.45) is 0. The number of hydrogen-bond donors (Lipinski definition) is 0. The predicted octanol–water partition coefficient (Wildman–Crippen LogP) is 1.41. The zero-order chi connectivity index (χ0) is 8.74. The molecule has 0 unspecified atom stereocenters. The molecule has 0 aliphatic rings. The van der Waals surface area contributed by atoms with Gasteiger partial charge in [-0.25, -0.2) is 0 Å². The molecule has 0 aromatic heterocycles. The highest BCUT2D eigenvalue weighted by atomic mass is 16.7. The van der Waals surface area contributed by atoms with Gasteiger partial charge in [-0.05, 0) is 0 Å². The zero-order valence-electron chi connectivity index (χ0n) is 6.44. The van der Waals surface area contributed by atoms with E-state index in [0.717, 1.165) is 0 Å². The van der Waals surface area contributed by atoms with E-state index in [1.807, 2.05) is 0 Å². The van der Waals surface area contributed by atoms with Gasteiger partial charge in [0.15, 0.2) is 10.7 Å². The monoisotopic (exact) mass is 162 g/mol. The van der Waals surface area contributed by atoms with Crippen molar-refractivity contribution in [2.24, 2.45) is 16.1 Å². The molecule has 0 aliphatic heterocycles. The Bertz CT molecular complexity index is 122. The van der Waals surface area contributed by atoms with Gasteiger partial charge < -0.3 is 9.68 Å². The minimum absolute atomic E-state index is 0.103. The van der Waals surface area contributed by atoms with Crippen molar-refractivity contribution >= 4 is 0 Å². The van der Waals surface area contributed by atoms with Crippen LogP contribution in [0, 0.1) is 15.2 Å². The zero-order valence-corrected chi connectivity index (χ0v) is 6.44. The molecule has 0 rings (SSSR count). The summed E-state index contributed by atoms with van der Waals surface area (Å²) in [6.45, 7) is 3.71. The highest BCUT2D eigenvalue weighted by Crippen LogP contribution is 2.15. The highest BCUT2D eigenvalue weighted by Gasteiger charge is 2.20. The third-order valence-electron chi connectivity index (χ3n) is 1.02. The summed E-state index contributed by atoms with van der Waals surface area (Å²) in [5.74, 6) is 0. The van der Waals surface area contributed by atoms with E-state index in [1.54, 1.807) is 13.8 Å². The third-order valence-corrected chi connectivity index (χ3v) is 1.02. The molecule has 0 bridgehead atoms. The third kappa shape index (κ3) is 5.25. The minimum atomic E-state index is -0.429. The van der Waals surface area contributed by atoms with Crippen LogP contribution in [0.1, 0.15) is 13.8 Å². The fraction of sp³-hybridized carbons (Fsp3) is 1.00. The van der Waals surface area contributed by atoms with Gasteiger partial charge in [-0.15, -0.1) is 9.81 Å². The first kappa shape index (κ1) is 9.80. The molecular formula is C5H10N2O4. The molecule has 11 heavy (non-hydrogen) atoms. The van der Waals surface area contributed by atoms with E-state index >= 15 is 0 Å². The largest absolute Gasteiger partial charge is 0.363 e. The molecule has 0 spiro atoms. The Labute approximate surface area is 63.7 Å². The SMILES string of the molecule is CC(C)(CON=O)CON=O. The molecule has 6 heteroatoms. The average Bonchev–Trinajstić information content (AvgIpc) is 1.97. The smallest absolute Gasteiger partial charge is 0.155 e. The fourth-order valence-corrected chi connectivity index (χ4v) is 0.444. The summed E-state index contributed by atoms with van der Waals surface area (Å²) in [6, 6.07) is 0. The topological polar surface area (TPSA) is 77.3 Å². The van der Waals surface area contributed by atoms with E-state index in [0.29, 0.717) is 0 Å². The quantitative estimate of drug-likeness (QED) is 0.437. The van der Waals surface area contributed by atoms with E-state index in [-0.39, 0.29) is 13.2 Å². The van der Waals surface area contributed by atoms with Crippen molar-refractivity contribution in [3.8, 4) is 0 Å². The molecule has 6 nitrogen and oxygen atoms in total. The first-order valence-electron chi connectivity index (χ1n) is 3.01. The second-order valence-electron chi connectivity index (χ2n) is 2.86. The molecule has 0 aliphatic carbocycles. The maximum Gasteiger partial charge on any atom is 0.155 e. The van der Waals surface area contributed by atoms with Crippen LogP contribution in [0.4, 0.5) is 0 Å². The second kappa shape index (κ2) is 4.59. The molecule has 0 aromatic rings. The van der Waals surface area contributed by atoms with Crippen molar-refractivity contribution in [3.05, 3.63) is 9.81 Å². The van der Waals surface area contributed by atoms with E-state index in [9.17, 15) is 9.81 Å². The van der Waals surface area contributed by atoms with Crippen molar-refractivity contribution in [2.75, 3.05) is 13.2 Å². The summed E-state index contributed by atoms with van der Waals surface area (Å²) in [5, 5.41) is 4.43. The van der Waals surface area contributed by atoms with E-state index < -0.39 is 5.41 Å². The Kier molecular flexibility index (Phi) is 4.09. The Balaban J connectivity index is 3.59. The molecule has 0 fully saturated rings. The molecule has 0 saturated carbocycles. The normalized spacial score (nSPS) is 10.4. The standard InChI is InChI=1S/C5H10N2O4/c1-5(2,3-10-6-8)4-11-7-9/h3-4H2,1-2H3. The lowest BCUT2D eigenvalue weighted by Crippen LogP contribution is -2.23. The Hall–Kier alpha value is -1.20. The lowest BCUT2D eigenvalue weighted by atomic mass is 9.97. The molecule has 0 N–H and O–H groups in total. The van der Waals surface area contributed by atoms with Crippen LogP contribution >= 0.6 is 0 Å². The summed E-state index contributed by atoms with van der Waals surface area (Å²) < 4.78 is 0. The molecule has 0 amide bonds. The van der Waals surface area contributed by atoms with Crippen LogP contribution < -0.4 is 0 Å². The highest BCUT2D eigenvalue weighted by molar-refractivity contribution is 4.65. The summed E-state index contributed by atoms with van der Waals surface area (Å²) in [7, 11) is 0. The molecule has 0 saturated heterocycles. The summed E-state index contributed by atoms with van der Waals surface area (Å²) in [4.78, 5) is 27.5. The first-order chi connectivity index (χ1) is 5.12. The molecular weight excluding hydrogens is 152 g/mol. The van der Waals surface area contributed by atoms with Crippen LogP contribution in [0.5, 0.6) is 0 Å². The van der Waals surface area contributed by atoms with Crippen molar-refractivity contribution in [1.82, 2.24) is 0 Å². The maximum atomic E-state index is 9.53. The summed E-state index contributed by atoms with van der Waals surface area (Å²) >= 11 is 0. The second-order valence-corrected chi connectivity index (χ2v) is 2.86. The van der Waals surface area contributed by atoms with Crippen LogP contribution in [0.3, 0.4) is 0 Å². The van der Waals surface area contributed by atoms with Crippen molar-refractivity contribution in [3.63, 3.8) is 0 Å². The predicted molar refractivity (Wildman–Crippen MR) is 37.3 cm³/mol. The van der Waals surface area contributed by atoms with Crippen molar-refractivity contribution in [1.29, 1.82) is 0 Å². The van der Waals surface area contributed by atoms with Gasteiger partial charge >= 0.3 is 0 Å². The maximum absolute atomic E-state index is 9.53. The van der Waals surface area contributed by atoms with Gasteiger partial charge in [0.1, 0.15) is 13.2 Å². The lowest BCUT2D eigenvalue weighted by Gasteiger charge is -2.18. The number of nitrogens with zero attached hydrogens (tertiary/aromatic N) is 2. The molecule has 0 radical (unpaired) electrons. The van der Waals surface area contributed by atoms with Gasteiger partial charge in [0.25, 0.3) is 0 Å². The van der Waals surface area contributed by atoms with Crippen LogP contribution in [-0.2, 0) is 9.68 Å². The summed E-state index contributed by atoms with van der Waals surface area (Å²) in [5.41, 5.74) is -0.429. The van der Waals surface area contributed by atoms with Crippen LogP contribution in [-0.4, -0.2) is 13.2 Å². The van der Waals surface area contributed by atoms with Gasteiger partial charge in [0.2, 0.25) is 0 Å². The van der Waals surface area contributed by atoms with Crippen LogP contribution in [0.15, 0.2) is 10.7 Å². The Morgan fingerprint density at radius 1 is 1.09 bits per heavy atom. The fourth-order valence-electron chi connectivity index (χ4n) is 0.444. The molecule has 0 heterocycles. The van der Waals surface area contributed by atoms with E-state index in [4.69, 9.17) is 0 Å². The van der Waals surface area contributed by atoms with Gasteiger partial charge in [0, 0.05) is 5.41 Å². The Morgan fingerprint density at radius 3 is 1.73 bits per heavy atom. The van der Waals surface area contributed by atoms with Crippen molar-refractivity contribution in [2.45, 2.75) is 13.8 Å². The van der Waals surface area contributed by atoms with Crippen molar-refractivity contribution < 1.29 is 9.68 Å². The van der Waals surface area contributed by atoms with E-state index in [1.165, 1.54) is 0 Å². The first-order valence-corrected chi connectivity index (χ1v) is 3.01. The van der Waals surface area contributed by atoms with Crippen LogP contribution in [0.2, 0.25) is 0 Å². The van der Waals surface area contributed by atoms with Gasteiger partial charge in [0.05, 0.1) is 0 Å². The Morgan fingerprint density at radius 2 is 1.45 bits per heavy atom. The number of rotatable bonds is 6.